The van der Waals surface area contributed by atoms with Crippen LogP contribution in [0.5, 0.6) is 5.88 Å². The van der Waals surface area contributed by atoms with Crippen molar-refractivity contribution < 1.29 is 18.7 Å². The number of carbonyl (C=O) groups is 1. The van der Waals surface area contributed by atoms with E-state index in [0.717, 1.165) is 24.8 Å². The predicted octanol–water partition coefficient (Wildman–Crippen LogP) is 8.76. The van der Waals surface area contributed by atoms with E-state index in [9.17, 15) is 14.9 Å². The van der Waals surface area contributed by atoms with Crippen LogP contribution in [0.4, 0.5) is 14.9 Å². The monoisotopic (exact) mass is 737 g/mol. The Balaban J connectivity index is 1.43. The van der Waals surface area contributed by atoms with Crippen molar-refractivity contribution in [2.45, 2.75) is 89.6 Å². The normalized spacial score (nSPS) is 20.1. The van der Waals surface area contributed by atoms with E-state index in [4.69, 9.17) is 32.6 Å². The van der Waals surface area contributed by atoms with Gasteiger partial charge < -0.3 is 19.4 Å². The van der Waals surface area contributed by atoms with Crippen molar-refractivity contribution in [1.82, 2.24) is 24.3 Å². The standard InChI is InChI=1S/C40H41ClFN7O4/c1-22(30-14-9-18-47(30)6)52-37-35-36(49(38(50)46-35)25-16-19-48(24(20-25)15-17-43)39(51)53-40(2,3)4)27-21-28(41)32(33(42)34(27)45-37)26-12-7-10-23-11-8-13-29(44-5)31(23)26/h7-8,10-13,21-22,24-25,30H,9,14-16,18-20H2,1-4,6H3,(H,46,50)/t22-,24+,25-,30-/m0/s1. The van der Waals surface area contributed by atoms with E-state index in [1.807, 2.05) is 26.1 Å². The predicted molar refractivity (Wildman–Crippen MR) is 203 cm³/mol. The maximum absolute atomic E-state index is 17.3. The molecule has 2 saturated heterocycles. The first kappa shape index (κ1) is 36.2. The molecule has 274 valence electrons. The number of nitrogens with one attached hydrogen (secondary N) is 1. The fraction of sp³-hybridized carbons (Fsp3) is 0.425. The zero-order valence-electron chi connectivity index (χ0n) is 30.4. The lowest BCUT2D eigenvalue weighted by molar-refractivity contribution is 0.00606. The van der Waals surface area contributed by atoms with Gasteiger partial charge in [-0.2, -0.15) is 5.26 Å². The van der Waals surface area contributed by atoms with E-state index in [1.54, 1.807) is 60.6 Å². The number of pyridine rings is 1. The van der Waals surface area contributed by atoms with Crippen molar-refractivity contribution in [1.29, 1.82) is 5.26 Å². The second-order valence-corrected chi connectivity index (χ2v) is 15.5. The number of rotatable bonds is 6. The van der Waals surface area contributed by atoms with Crippen LogP contribution < -0.4 is 10.4 Å². The molecule has 4 heterocycles. The van der Waals surface area contributed by atoms with Crippen LogP contribution >= 0.6 is 11.6 Å². The van der Waals surface area contributed by atoms with E-state index in [2.05, 4.69) is 20.8 Å². The Labute approximate surface area is 311 Å². The lowest BCUT2D eigenvalue weighted by Crippen LogP contribution is -2.49. The largest absolute Gasteiger partial charge is 0.471 e. The Bertz CT molecular complexity index is 2400. The zero-order valence-corrected chi connectivity index (χ0v) is 31.1. The molecule has 5 aromatic rings. The summed E-state index contributed by atoms with van der Waals surface area (Å²) in [6.07, 6.45) is 1.78. The fourth-order valence-corrected chi connectivity index (χ4v) is 8.43. The van der Waals surface area contributed by atoms with E-state index in [-0.39, 0.29) is 53.5 Å². The molecule has 2 aliphatic heterocycles. The number of aromatic nitrogens is 3. The zero-order chi connectivity index (χ0) is 37.8. The Kier molecular flexibility index (Phi) is 9.56. The second-order valence-electron chi connectivity index (χ2n) is 15.1. The van der Waals surface area contributed by atoms with Gasteiger partial charge in [0.15, 0.2) is 11.5 Å². The number of likely N-dealkylation sites (N-methyl/N-ethyl adjacent to an activating group) is 1. The smallest absolute Gasteiger partial charge is 0.410 e. The summed E-state index contributed by atoms with van der Waals surface area (Å²) in [6.45, 7) is 16.3. The number of fused-ring (bicyclic) bond motifs is 4. The molecule has 1 amide bonds. The number of ether oxygens (including phenoxy) is 2. The van der Waals surface area contributed by atoms with Crippen molar-refractivity contribution in [3.63, 3.8) is 0 Å². The SMILES string of the molecule is [C-]#[N+]c1cccc2cccc(-c3c(Cl)cc4c(nc(O[C@@H](C)[C@@H]5CCCN5C)c5[nH]c(=O)n([C@H]6CCN(C(=O)OC(C)(C)C)[C@H](CC#N)C6)c54)c3F)c12. The average molecular weight is 738 g/mol. The summed E-state index contributed by atoms with van der Waals surface area (Å²) in [5.74, 6) is -0.623. The molecule has 7 rings (SSSR count). The summed E-state index contributed by atoms with van der Waals surface area (Å²) in [5, 5.41) is 11.5. The van der Waals surface area contributed by atoms with E-state index in [0.29, 0.717) is 39.5 Å². The number of H-pyrrole nitrogens is 1. The van der Waals surface area contributed by atoms with Crippen LogP contribution in [0.25, 0.3) is 48.7 Å². The molecule has 4 atom stereocenters. The number of imidazole rings is 1. The number of piperidine rings is 1. The van der Waals surface area contributed by atoms with Crippen molar-refractivity contribution in [3.8, 4) is 23.1 Å². The average Bonchev–Trinajstić information content (AvgIpc) is 3.70. The number of halogens is 2. The summed E-state index contributed by atoms with van der Waals surface area (Å²) in [4.78, 5) is 42.5. The lowest BCUT2D eigenvalue weighted by atomic mass is 9.94. The molecule has 53 heavy (non-hydrogen) atoms. The van der Waals surface area contributed by atoms with E-state index in [1.165, 1.54) is 0 Å². The topological polar surface area (TPSA) is 121 Å². The van der Waals surface area contributed by atoms with Gasteiger partial charge in [0.25, 0.3) is 0 Å². The first-order valence-corrected chi connectivity index (χ1v) is 18.3. The van der Waals surface area contributed by atoms with Crippen molar-refractivity contribution in [2.75, 3.05) is 20.1 Å². The highest BCUT2D eigenvalue weighted by Gasteiger charge is 2.37. The molecule has 0 bridgehead atoms. The molecule has 2 fully saturated rings. The summed E-state index contributed by atoms with van der Waals surface area (Å²) in [6, 6.07) is 13.6. The molecular weight excluding hydrogens is 697 g/mol. The van der Waals surface area contributed by atoms with Crippen molar-refractivity contribution in [3.05, 3.63) is 75.2 Å². The van der Waals surface area contributed by atoms with E-state index < -0.39 is 35.3 Å². The number of amides is 1. The third-order valence-corrected chi connectivity index (χ3v) is 10.8. The van der Waals surface area contributed by atoms with Gasteiger partial charge in [0.2, 0.25) is 5.88 Å². The summed E-state index contributed by atoms with van der Waals surface area (Å²) in [5.41, 5.74) is 0.370. The van der Waals surface area contributed by atoms with Crippen LogP contribution in [-0.4, -0.2) is 74.4 Å². The molecule has 2 aromatic heterocycles. The highest BCUT2D eigenvalue weighted by Crippen LogP contribution is 2.44. The van der Waals surface area contributed by atoms with Gasteiger partial charge in [0.05, 0.1) is 29.6 Å². The van der Waals surface area contributed by atoms with Crippen molar-refractivity contribution in [2.24, 2.45) is 0 Å². The first-order valence-electron chi connectivity index (χ1n) is 17.9. The van der Waals surface area contributed by atoms with Gasteiger partial charge in [-0.25, -0.2) is 23.8 Å². The third kappa shape index (κ3) is 6.55. The van der Waals surface area contributed by atoms with Crippen LogP contribution in [0.1, 0.15) is 65.8 Å². The number of aromatic amines is 1. The molecule has 11 nitrogen and oxygen atoms in total. The molecule has 0 spiro atoms. The van der Waals surface area contributed by atoms with Gasteiger partial charge in [-0.05, 0) is 89.4 Å². The second kappa shape index (κ2) is 14.0. The van der Waals surface area contributed by atoms with Gasteiger partial charge in [-0.3, -0.25) is 9.47 Å². The molecule has 1 N–H and O–H groups in total. The van der Waals surface area contributed by atoms with Crippen LogP contribution in [0.3, 0.4) is 0 Å². The minimum atomic E-state index is -0.725. The minimum Gasteiger partial charge on any atom is -0.471 e. The summed E-state index contributed by atoms with van der Waals surface area (Å²) < 4.78 is 31.1. The molecule has 3 aromatic carbocycles. The number of nitriles is 1. The fourth-order valence-electron chi connectivity index (χ4n) is 8.13. The molecule has 0 radical (unpaired) electrons. The number of hydrogen-bond acceptors (Lipinski definition) is 7. The Morgan fingerprint density at radius 2 is 1.98 bits per heavy atom. The molecule has 0 saturated carbocycles. The minimum absolute atomic E-state index is 0.0383. The molecule has 0 aliphatic carbocycles. The van der Waals surface area contributed by atoms with Crippen LogP contribution in [0.2, 0.25) is 5.02 Å². The van der Waals surface area contributed by atoms with E-state index >= 15 is 4.39 Å². The van der Waals surface area contributed by atoms with Crippen molar-refractivity contribution >= 4 is 56.1 Å². The molecule has 2 aliphatic rings. The summed E-state index contributed by atoms with van der Waals surface area (Å²) >= 11 is 7.01. The number of nitrogens with zero attached hydrogens (tertiary/aromatic N) is 6. The number of benzene rings is 3. The maximum Gasteiger partial charge on any atom is 0.410 e. The number of carbonyl (C=O) groups excluding carboxylic acids is 1. The van der Waals surface area contributed by atoms with Gasteiger partial charge >= 0.3 is 11.8 Å². The van der Waals surface area contributed by atoms with Crippen LogP contribution in [0.15, 0.2) is 47.3 Å². The van der Waals surface area contributed by atoms with Crippen LogP contribution in [-0.2, 0) is 4.74 Å². The molecular formula is C40H41ClFN7O4. The van der Waals surface area contributed by atoms with Gasteiger partial charge in [0, 0.05) is 35.6 Å². The molecule has 0 unspecified atom stereocenters. The first-order chi connectivity index (χ1) is 25.3. The Hall–Kier alpha value is -5.17. The third-order valence-electron chi connectivity index (χ3n) is 10.5. The van der Waals surface area contributed by atoms with Gasteiger partial charge in [0.1, 0.15) is 22.7 Å². The molecule has 13 heteroatoms. The maximum atomic E-state index is 17.3. The Morgan fingerprint density at radius 3 is 2.66 bits per heavy atom. The van der Waals surface area contributed by atoms with Gasteiger partial charge in [-0.1, -0.05) is 48.0 Å². The van der Waals surface area contributed by atoms with Gasteiger partial charge in [-0.15, -0.1) is 0 Å². The number of hydrogen-bond donors (Lipinski definition) is 1. The van der Waals surface area contributed by atoms with Crippen LogP contribution in [0, 0.1) is 23.7 Å². The Morgan fingerprint density at radius 1 is 1.23 bits per heavy atom. The quantitative estimate of drug-likeness (QED) is 0.173. The highest BCUT2D eigenvalue weighted by atomic mass is 35.5. The summed E-state index contributed by atoms with van der Waals surface area (Å²) in [7, 11) is 2.04. The highest BCUT2D eigenvalue weighted by molar-refractivity contribution is 6.35. The number of likely N-dealkylation sites (tertiary alicyclic amines) is 2. The lowest BCUT2D eigenvalue weighted by Gasteiger charge is -2.39.